The Bertz CT molecular complexity index is 1140. The van der Waals surface area contributed by atoms with Crippen LogP contribution in [-0.4, -0.2) is 44.9 Å². The van der Waals surface area contributed by atoms with Gasteiger partial charge in [-0.25, -0.2) is 8.42 Å². The largest absolute Gasteiger partial charge is 0.490 e. The maximum Gasteiger partial charge on any atom is 0.243 e. The van der Waals surface area contributed by atoms with Gasteiger partial charge in [0.15, 0.2) is 11.5 Å². The van der Waals surface area contributed by atoms with E-state index in [4.69, 9.17) is 9.47 Å². The van der Waals surface area contributed by atoms with Crippen LogP contribution in [0.3, 0.4) is 0 Å². The Labute approximate surface area is 201 Å². The van der Waals surface area contributed by atoms with Crippen molar-refractivity contribution in [2.45, 2.75) is 50.0 Å². The Balaban J connectivity index is 1.22. The molecule has 1 atom stereocenters. The minimum atomic E-state index is -3.66. The summed E-state index contributed by atoms with van der Waals surface area (Å²) >= 11 is 0. The molecule has 2 aliphatic heterocycles. The Hall–Kier alpha value is -2.58. The van der Waals surface area contributed by atoms with Crippen LogP contribution in [0.4, 0.5) is 0 Å². The number of hydrogen-bond donors (Lipinski definition) is 1. The lowest BCUT2D eigenvalue weighted by molar-refractivity contribution is -0.127. The van der Waals surface area contributed by atoms with E-state index in [2.05, 4.69) is 36.5 Å². The van der Waals surface area contributed by atoms with E-state index in [1.807, 2.05) is 0 Å². The number of carbonyl (C=O) groups is 1. The molecule has 1 N–H and O–H groups in total. The van der Waals surface area contributed by atoms with Crippen molar-refractivity contribution in [3.63, 3.8) is 0 Å². The van der Waals surface area contributed by atoms with Gasteiger partial charge in [0, 0.05) is 31.5 Å². The molecule has 8 heteroatoms. The zero-order valence-electron chi connectivity index (χ0n) is 19.5. The van der Waals surface area contributed by atoms with Crippen molar-refractivity contribution in [3.8, 4) is 11.5 Å². The van der Waals surface area contributed by atoms with Gasteiger partial charge in [-0.1, -0.05) is 29.8 Å². The highest BCUT2D eigenvalue weighted by Crippen LogP contribution is 2.41. The van der Waals surface area contributed by atoms with Crippen LogP contribution >= 0.6 is 0 Å². The monoisotopic (exact) mass is 484 g/mol. The summed E-state index contributed by atoms with van der Waals surface area (Å²) in [5, 5.41) is 3.27. The number of benzene rings is 2. The SMILES string of the molecule is Cc1ccc([C@@H](NC(=O)C2CCN(S(=O)(=O)c3ccc4c(c3)OCCCO4)CC2)C2CC2)cc1. The standard InChI is InChI=1S/C26H32N2O5S/c1-18-3-5-19(6-4-18)25(20-7-8-20)27-26(29)21-11-13-28(14-12-21)34(30,31)22-9-10-23-24(17-22)33-16-2-15-32-23/h3-6,9-10,17,20-21,25H,2,7-8,11-16H2,1H3,(H,27,29)/t25-/m1/s1. The summed E-state index contributed by atoms with van der Waals surface area (Å²) in [5.74, 6) is 1.39. The third-order valence-electron chi connectivity index (χ3n) is 7.01. The van der Waals surface area contributed by atoms with Crippen molar-refractivity contribution in [3.05, 3.63) is 53.6 Å². The number of aryl methyl sites for hydroxylation is 1. The van der Waals surface area contributed by atoms with Gasteiger partial charge in [0.1, 0.15) is 0 Å². The third-order valence-corrected chi connectivity index (χ3v) is 8.90. The van der Waals surface area contributed by atoms with Crippen LogP contribution < -0.4 is 14.8 Å². The van der Waals surface area contributed by atoms with E-state index < -0.39 is 10.0 Å². The zero-order chi connectivity index (χ0) is 23.7. The molecule has 0 bridgehead atoms. The molecule has 2 fully saturated rings. The minimum absolute atomic E-state index is 0.0325. The quantitative estimate of drug-likeness (QED) is 0.674. The van der Waals surface area contributed by atoms with Crippen LogP contribution in [-0.2, 0) is 14.8 Å². The summed E-state index contributed by atoms with van der Waals surface area (Å²) in [6.07, 6.45) is 4.05. The molecule has 1 amide bonds. The molecule has 2 aromatic rings. The molecular formula is C26H32N2O5S. The van der Waals surface area contributed by atoms with Gasteiger partial charge in [0.25, 0.3) is 0 Å². The van der Waals surface area contributed by atoms with Crippen LogP contribution in [0.1, 0.15) is 49.3 Å². The molecule has 0 radical (unpaired) electrons. The van der Waals surface area contributed by atoms with Crippen LogP contribution in [0.2, 0.25) is 0 Å². The average molecular weight is 485 g/mol. The summed E-state index contributed by atoms with van der Waals surface area (Å²) in [6.45, 7) is 3.77. The van der Waals surface area contributed by atoms with E-state index in [0.717, 1.165) is 24.8 Å². The van der Waals surface area contributed by atoms with E-state index in [9.17, 15) is 13.2 Å². The fourth-order valence-electron chi connectivity index (χ4n) is 4.76. The minimum Gasteiger partial charge on any atom is -0.490 e. The lowest BCUT2D eigenvalue weighted by Crippen LogP contribution is -2.44. The number of nitrogens with zero attached hydrogens (tertiary/aromatic N) is 1. The number of piperidine rings is 1. The molecule has 3 aliphatic rings. The van der Waals surface area contributed by atoms with E-state index >= 15 is 0 Å². The molecule has 1 aliphatic carbocycles. The van der Waals surface area contributed by atoms with Gasteiger partial charge >= 0.3 is 0 Å². The molecular weight excluding hydrogens is 452 g/mol. The number of carbonyl (C=O) groups excluding carboxylic acids is 1. The number of fused-ring (bicyclic) bond motifs is 1. The summed E-state index contributed by atoms with van der Waals surface area (Å²) < 4.78 is 39.3. The number of ether oxygens (including phenoxy) is 2. The average Bonchev–Trinajstić information content (AvgIpc) is 3.70. The first-order valence-corrected chi connectivity index (χ1v) is 13.6. The summed E-state index contributed by atoms with van der Waals surface area (Å²) in [4.78, 5) is 13.3. The van der Waals surface area contributed by atoms with Gasteiger partial charge in [0.2, 0.25) is 15.9 Å². The smallest absolute Gasteiger partial charge is 0.243 e. The molecule has 0 aromatic heterocycles. The van der Waals surface area contributed by atoms with E-state index in [1.165, 1.54) is 9.87 Å². The summed E-state index contributed by atoms with van der Waals surface area (Å²) in [6, 6.07) is 13.2. The van der Waals surface area contributed by atoms with Gasteiger partial charge < -0.3 is 14.8 Å². The van der Waals surface area contributed by atoms with Gasteiger partial charge in [0.05, 0.1) is 24.2 Å². The fourth-order valence-corrected chi connectivity index (χ4v) is 6.24. The maximum atomic E-state index is 13.3. The molecule has 0 spiro atoms. The molecule has 1 saturated heterocycles. The zero-order valence-corrected chi connectivity index (χ0v) is 20.4. The van der Waals surface area contributed by atoms with Gasteiger partial charge in [-0.3, -0.25) is 4.79 Å². The molecule has 1 saturated carbocycles. The second-order valence-electron chi connectivity index (χ2n) is 9.57. The first-order chi connectivity index (χ1) is 16.4. The topological polar surface area (TPSA) is 84.9 Å². The molecule has 2 aromatic carbocycles. The van der Waals surface area contributed by atoms with Crippen molar-refractivity contribution < 1.29 is 22.7 Å². The van der Waals surface area contributed by atoms with E-state index in [0.29, 0.717) is 56.6 Å². The summed E-state index contributed by atoms with van der Waals surface area (Å²) in [5.41, 5.74) is 2.35. The second-order valence-corrected chi connectivity index (χ2v) is 11.5. The first-order valence-electron chi connectivity index (χ1n) is 12.2. The van der Waals surface area contributed by atoms with Gasteiger partial charge in [-0.2, -0.15) is 4.31 Å². The lowest BCUT2D eigenvalue weighted by Gasteiger charge is -2.31. The second kappa shape index (κ2) is 9.58. The lowest BCUT2D eigenvalue weighted by atomic mass is 9.95. The predicted octanol–water partition coefficient (Wildman–Crippen LogP) is 3.82. The van der Waals surface area contributed by atoms with Crippen molar-refractivity contribution >= 4 is 15.9 Å². The molecule has 0 unspecified atom stereocenters. The Morgan fingerprint density at radius 1 is 0.971 bits per heavy atom. The molecule has 5 rings (SSSR count). The van der Waals surface area contributed by atoms with Crippen LogP contribution in [0.25, 0.3) is 0 Å². The third kappa shape index (κ3) is 4.93. The van der Waals surface area contributed by atoms with Crippen LogP contribution in [0, 0.1) is 18.8 Å². The first kappa shape index (κ1) is 23.2. The van der Waals surface area contributed by atoms with Crippen molar-refractivity contribution in [2.75, 3.05) is 26.3 Å². The van der Waals surface area contributed by atoms with Gasteiger partial charge in [-0.15, -0.1) is 0 Å². The molecule has 182 valence electrons. The van der Waals surface area contributed by atoms with Crippen LogP contribution in [0.15, 0.2) is 47.4 Å². The Morgan fingerprint density at radius 2 is 1.65 bits per heavy atom. The maximum absolute atomic E-state index is 13.3. The molecule has 7 nitrogen and oxygen atoms in total. The molecule has 2 heterocycles. The number of hydrogen-bond acceptors (Lipinski definition) is 5. The number of nitrogens with one attached hydrogen (secondary N) is 1. The predicted molar refractivity (Wildman–Crippen MR) is 128 cm³/mol. The highest BCUT2D eigenvalue weighted by molar-refractivity contribution is 7.89. The Morgan fingerprint density at radius 3 is 2.32 bits per heavy atom. The molecule has 34 heavy (non-hydrogen) atoms. The Kier molecular flexibility index (Phi) is 6.53. The highest BCUT2D eigenvalue weighted by atomic mass is 32.2. The normalized spacial score (nSPS) is 20.4. The number of amides is 1. The highest BCUT2D eigenvalue weighted by Gasteiger charge is 2.37. The van der Waals surface area contributed by atoms with Crippen molar-refractivity contribution in [2.24, 2.45) is 11.8 Å². The fraction of sp³-hybridized carbons (Fsp3) is 0.500. The van der Waals surface area contributed by atoms with Crippen LogP contribution in [0.5, 0.6) is 11.5 Å². The number of sulfonamides is 1. The number of rotatable bonds is 6. The summed E-state index contributed by atoms with van der Waals surface area (Å²) in [7, 11) is -3.66. The van der Waals surface area contributed by atoms with E-state index in [1.54, 1.807) is 18.2 Å². The van der Waals surface area contributed by atoms with Crippen molar-refractivity contribution in [1.29, 1.82) is 0 Å². The van der Waals surface area contributed by atoms with Gasteiger partial charge in [-0.05, 0) is 56.2 Å². The van der Waals surface area contributed by atoms with Crippen molar-refractivity contribution in [1.82, 2.24) is 9.62 Å². The van der Waals surface area contributed by atoms with E-state index in [-0.39, 0.29) is 22.8 Å².